The van der Waals surface area contributed by atoms with E-state index in [0.29, 0.717) is 12.3 Å². The summed E-state index contributed by atoms with van der Waals surface area (Å²) < 4.78 is 5.22. The van der Waals surface area contributed by atoms with Crippen LogP contribution in [0.15, 0.2) is 54.6 Å². The molecular formula is C18H20N2O3. The number of hydrogen-bond donors (Lipinski definition) is 1. The maximum absolute atomic E-state index is 12.1. The van der Waals surface area contributed by atoms with Crippen molar-refractivity contribution in [3.05, 3.63) is 65.7 Å². The third-order valence-electron chi connectivity index (χ3n) is 3.44. The smallest absolute Gasteiger partial charge is 0.311 e. The molecule has 5 nitrogen and oxygen atoms in total. The summed E-state index contributed by atoms with van der Waals surface area (Å²) in [5, 5.41) is 2.63. The quantitative estimate of drug-likeness (QED) is 0.859. The van der Waals surface area contributed by atoms with Crippen LogP contribution in [-0.2, 0) is 22.7 Å². The molecule has 0 fully saturated rings. The molecule has 23 heavy (non-hydrogen) atoms. The van der Waals surface area contributed by atoms with E-state index in [1.54, 1.807) is 14.2 Å². The van der Waals surface area contributed by atoms with E-state index in [1.807, 2.05) is 54.6 Å². The molecule has 120 valence electrons. The molecule has 2 aromatic carbocycles. The summed E-state index contributed by atoms with van der Waals surface area (Å²) in [6.45, 7) is 0.634. The number of nitrogens with one attached hydrogen (secondary N) is 1. The lowest BCUT2D eigenvalue weighted by atomic mass is 10.2. The average Bonchev–Trinajstić information content (AvgIpc) is 2.60. The highest BCUT2D eigenvalue weighted by molar-refractivity contribution is 6.34. The monoisotopic (exact) mass is 312 g/mol. The zero-order valence-electron chi connectivity index (χ0n) is 13.3. The summed E-state index contributed by atoms with van der Waals surface area (Å²) >= 11 is 0. The number of carbonyl (C=O) groups is 2. The number of ether oxygens (including phenoxy) is 1. The zero-order valence-corrected chi connectivity index (χ0v) is 13.3. The van der Waals surface area contributed by atoms with Gasteiger partial charge in [0, 0.05) is 25.7 Å². The summed E-state index contributed by atoms with van der Waals surface area (Å²) in [4.78, 5) is 25.5. The maximum atomic E-state index is 12.1. The molecule has 2 rings (SSSR count). The van der Waals surface area contributed by atoms with Gasteiger partial charge in [0.1, 0.15) is 5.75 Å². The van der Waals surface area contributed by atoms with Crippen molar-refractivity contribution in [3.63, 3.8) is 0 Å². The first-order valence-electron chi connectivity index (χ1n) is 7.31. The highest BCUT2D eigenvalue weighted by atomic mass is 16.5. The van der Waals surface area contributed by atoms with Crippen LogP contribution in [0, 0.1) is 0 Å². The van der Waals surface area contributed by atoms with Gasteiger partial charge in [0.2, 0.25) is 0 Å². The molecule has 0 heterocycles. The van der Waals surface area contributed by atoms with Crippen LogP contribution >= 0.6 is 0 Å². The topological polar surface area (TPSA) is 58.6 Å². The lowest BCUT2D eigenvalue weighted by Gasteiger charge is -2.17. The predicted octanol–water partition coefficient (Wildman–Crippen LogP) is 1.97. The van der Waals surface area contributed by atoms with Gasteiger partial charge in [-0.25, -0.2) is 0 Å². The zero-order chi connectivity index (χ0) is 16.7. The van der Waals surface area contributed by atoms with Gasteiger partial charge >= 0.3 is 11.8 Å². The third-order valence-corrected chi connectivity index (χ3v) is 3.44. The number of likely N-dealkylation sites (N-methyl/N-ethyl adjacent to an activating group) is 1. The number of amides is 2. The first-order valence-corrected chi connectivity index (χ1v) is 7.31. The Morgan fingerprint density at radius 3 is 2.39 bits per heavy atom. The third kappa shape index (κ3) is 4.57. The molecule has 2 amide bonds. The SMILES string of the molecule is COc1ccccc1CNC(=O)C(=O)N(C)Cc1ccccc1. The minimum absolute atomic E-state index is 0.244. The molecule has 0 atom stereocenters. The van der Waals surface area contributed by atoms with Crippen molar-refractivity contribution in [2.24, 2.45) is 0 Å². The Bertz CT molecular complexity index is 671. The van der Waals surface area contributed by atoms with E-state index in [9.17, 15) is 9.59 Å². The van der Waals surface area contributed by atoms with Crippen LogP contribution in [0.3, 0.4) is 0 Å². The number of rotatable bonds is 5. The van der Waals surface area contributed by atoms with Crippen molar-refractivity contribution in [1.82, 2.24) is 10.2 Å². The summed E-state index contributed by atoms with van der Waals surface area (Å²) in [5.74, 6) is -0.518. The fourth-order valence-electron chi connectivity index (χ4n) is 2.20. The summed E-state index contributed by atoms with van der Waals surface area (Å²) in [6.07, 6.45) is 0. The van der Waals surface area contributed by atoms with Crippen molar-refractivity contribution in [3.8, 4) is 5.75 Å². The molecule has 0 bridgehead atoms. The van der Waals surface area contributed by atoms with Gasteiger partial charge in [0.05, 0.1) is 7.11 Å². The van der Waals surface area contributed by atoms with Crippen LogP contribution in [-0.4, -0.2) is 30.9 Å². The van der Waals surface area contributed by atoms with E-state index >= 15 is 0 Å². The number of carbonyl (C=O) groups excluding carboxylic acids is 2. The second-order valence-corrected chi connectivity index (χ2v) is 5.14. The highest BCUT2D eigenvalue weighted by Crippen LogP contribution is 2.16. The Balaban J connectivity index is 1.91. The van der Waals surface area contributed by atoms with E-state index in [-0.39, 0.29) is 6.54 Å². The molecule has 0 aliphatic rings. The maximum Gasteiger partial charge on any atom is 0.311 e. The molecule has 5 heteroatoms. The van der Waals surface area contributed by atoms with Gasteiger partial charge in [-0.1, -0.05) is 48.5 Å². The molecule has 0 aliphatic heterocycles. The standard InChI is InChI=1S/C18H20N2O3/c1-20(13-14-8-4-3-5-9-14)18(22)17(21)19-12-15-10-6-7-11-16(15)23-2/h3-11H,12-13H2,1-2H3,(H,19,21). The highest BCUT2D eigenvalue weighted by Gasteiger charge is 2.18. The van der Waals surface area contributed by atoms with Gasteiger partial charge in [-0.3, -0.25) is 9.59 Å². The van der Waals surface area contributed by atoms with Gasteiger partial charge in [-0.05, 0) is 11.6 Å². The Morgan fingerprint density at radius 2 is 1.70 bits per heavy atom. The van der Waals surface area contributed by atoms with E-state index in [2.05, 4.69) is 5.32 Å². The first kappa shape index (κ1) is 16.5. The molecule has 0 aromatic heterocycles. The van der Waals surface area contributed by atoms with E-state index in [0.717, 1.165) is 11.1 Å². The van der Waals surface area contributed by atoms with Crippen LogP contribution in [0.4, 0.5) is 0 Å². The molecule has 2 aromatic rings. The van der Waals surface area contributed by atoms with E-state index in [4.69, 9.17) is 4.74 Å². The molecule has 0 aliphatic carbocycles. The summed E-state index contributed by atoms with van der Waals surface area (Å²) in [7, 11) is 3.18. The number of para-hydroxylation sites is 1. The van der Waals surface area contributed by atoms with Crippen molar-refractivity contribution in [2.75, 3.05) is 14.2 Å². The Labute approximate surface area is 135 Å². The lowest BCUT2D eigenvalue weighted by Crippen LogP contribution is -2.40. The van der Waals surface area contributed by atoms with Gasteiger partial charge < -0.3 is 15.0 Å². The van der Waals surface area contributed by atoms with E-state index in [1.165, 1.54) is 4.90 Å². The van der Waals surface area contributed by atoms with Crippen LogP contribution in [0.2, 0.25) is 0 Å². The van der Waals surface area contributed by atoms with E-state index < -0.39 is 11.8 Å². The van der Waals surface area contributed by atoms with Crippen LogP contribution in [0.25, 0.3) is 0 Å². The van der Waals surface area contributed by atoms with Crippen LogP contribution in [0.5, 0.6) is 5.75 Å². The van der Waals surface area contributed by atoms with Crippen molar-refractivity contribution < 1.29 is 14.3 Å². The number of benzene rings is 2. The molecule has 0 unspecified atom stereocenters. The van der Waals surface area contributed by atoms with Crippen LogP contribution < -0.4 is 10.1 Å². The minimum atomic E-state index is -0.630. The molecular weight excluding hydrogens is 292 g/mol. The largest absolute Gasteiger partial charge is 0.496 e. The van der Waals surface area contributed by atoms with Gasteiger partial charge in [-0.15, -0.1) is 0 Å². The fraction of sp³-hybridized carbons (Fsp3) is 0.222. The number of methoxy groups -OCH3 is 1. The Kier molecular flexibility index (Phi) is 5.74. The first-order chi connectivity index (χ1) is 11.1. The number of hydrogen-bond acceptors (Lipinski definition) is 3. The van der Waals surface area contributed by atoms with Crippen molar-refractivity contribution in [1.29, 1.82) is 0 Å². The summed E-state index contributed by atoms with van der Waals surface area (Å²) in [5.41, 5.74) is 1.79. The van der Waals surface area contributed by atoms with Gasteiger partial charge in [0.15, 0.2) is 0 Å². The Hall–Kier alpha value is -2.82. The number of nitrogens with zero attached hydrogens (tertiary/aromatic N) is 1. The Morgan fingerprint density at radius 1 is 1.04 bits per heavy atom. The van der Waals surface area contributed by atoms with Crippen LogP contribution in [0.1, 0.15) is 11.1 Å². The second-order valence-electron chi connectivity index (χ2n) is 5.14. The molecule has 0 saturated carbocycles. The minimum Gasteiger partial charge on any atom is -0.496 e. The lowest BCUT2D eigenvalue weighted by molar-refractivity contribution is -0.145. The van der Waals surface area contributed by atoms with Gasteiger partial charge in [0.25, 0.3) is 0 Å². The molecule has 1 N–H and O–H groups in total. The average molecular weight is 312 g/mol. The molecule has 0 radical (unpaired) electrons. The predicted molar refractivity (Wildman–Crippen MR) is 87.8 cm³/mol. The second kappa shape index (κ2) is 7.98. The van der Waals surface area contributed by atoms with Gasteiger partial charge in [-0.2, -0.15) is 0 Å². The fourth-order valence-corrected chi connectivity index (χ4v) is 2.20. The normalized spacial score (nSPS) is 10.0. The van der Waals surface area contributed by atoms with Crippen molar-refractivity contribution in [2.45, 2.75) is 13.1 Å². The molecule has 0 saturated heterocycles. The van der Waals surface area contributed by atoms with Crippen molar-refractivity contribution >= 4 is 11.8 Å². The summed E-state index contributed by atoms with van der Waals surface area (Å²) in [6, 6.07) is 16.9. The molecule has 0 spiro atoms.